The van der Waals surface area contributed by atoms with Crippen molar-refractivity contribution in [2.75, 3.05) is 19.4 Å². The number of methoxy groups -OCH3 is 1. The van der Waals surface area contributed by atoms with E-state index in [1.54, 1.807) is 24.3 Å². The van der Waals surface area contributed by atoms with Crippen molar-refractivity contribution >= 4 is 28.4 Å². The summed E-state index contributed by atoms with van der Waals surface area (Å²) in [7, 11) is 1.52. The number of nitrogens with one attached hydrogen (secondary N) is 1. The number of phenols is 1. The quantitative estimate of drug-likeness (QED) is 0.643. The number of allylic oxidation sites excluding steroid dienone is 2. The highest BCUT2D eigenvalue weighted by Crippen LogP contribution is 2.33. The molecule has 0 fully saturated rings. The number of halogens is 1. The first-order valence-corrected chi connectivity index (χ1v) is 7.74. The first-order chi connectivity index (χ1) is 11.5. The Kier molecular flexibility index (Phi) is 4.27. The fourth-order valence-corrected chi connectivity index (χ4v) is 2.77. The van der Waals surface area contributed by atoms with Crippen LogP contribution in [0.2, 0.25) is 5.02 Å². The number of dihydropyridines is 1. The highest BCUT2D eigenvalue weighted by atomic mass is 35.5. The first-order valence-electron chi connectivity index (χ1n) is 7.36. The van der Waals surface area contributed by atoms with E-state index < -0.39 is 0 Å². The molecule has 0 bridgehead atoms. The van der Waals surface area contributed by atoms with Gasteiger partial charge in [0.05, 0.1) is 17.8 Å². The van der Waals surface area contributed by atoms with Crippen molar-refractivity contribution < 1.29 is 9.84 Å². The minimum atomic E-state index is 0.103. The maximum Gasteiger partial charge on any atom is 0.161 e. The van der Waals surface area contributed by atoms with Crippen LogP contribution in [0.1, 0.15) is 11.1 Å². The van der Waals surface area contributed by atoms with Crippen molar-refractivity contribution in [3.05, 3.63) is 64.4 Å². The summed E-state index contributed by atoms with van der Waals surface area (Å²) in [6.45, 7) is 0.575. The molecular formula is C18H18ClN3O2. The SMILES string of the molecule is COc1cc(C2=CC(c3ccc(N)c(Cl)c3)=C(N)NC2)ccc1O. The third-order valence-electron chi connectivity index (χ3n) is 3.94. The van der Waals surface area contributed by atoms with E-state index in [0.29, 0.717) is 28.8 Å². The molecule has 0 aromatic heterocycles. The summed E-state index contributed by atoms with van der Waals surface area (Å²) in [6.07, 6.45) is 2.00. The maximum atomic E-state index is 9.75. The van der Waals surface area contributed by atoms with E-state index in [0.717, 1.165) is 22.3 Å². The Bertz CT molecular complexity index is 859. The topological polar surface area (TPSA) is 93.5 Å². The smallest absolute Gasteiger partial charge is 0.161 e. The summed E-state index contributed by atoms with van der Waals surface area (Å²) in [6, 6.07) is 10.7. The van der Waals surface area contributed by atoms with Gasteiger partial charge in [0.15, 0.2) is 11.5 Å². The van der Waals surface area contributed by atoms with Crippen molar-refractivity contribution in [2.45, 2.75) is 0 Å². The van der Waals surface area contributed by atoms with Gasteiger partial charge in [0, 0.05) is 12.1 Å². The van der Waals surface area contributed by atoms with Gasteiger partial charge < -0.3 is 26.6 Å². The molecule has 0 amide bonds. The molecule has 2 aromatic carbocycles. The van der Waals surface area contributed by atoms with Crippen molar-refractivity contribution in [3.63, 3.8) is 0 Å². The van der Waals surface area contributed by atoms with Gasteiger partial charge in [-0.1, -0.05) is 23.7 Å². The number of ether oxygens (including phenoxy) is 1. The van der Waals surface area contributed by atoms with Crippen LogP contribution in [-0.4, -0.2) is 18.8 Å². The summed E-state index contributed by atoms with van der Waals surface area (Å²) >= 11 is 6.12. The summed E-state index contributed by atoms with van der Waals surface area (Å²) in [5.41, 5.74) is 16.1. The molecule has 0 aliphatic carbocycles. The van der Waals surface area contributed by atoms with Gasteiger partial charge in [0.2, 0.25) is 0 Å². The van der Waals surface area contributed by atoms with Crippen molar-refractivity contribution in [1.29, 1.82) is 0 Å². The molecule has 6 N–H and O–H groups in total. The van der Waals surface area contributed by atoms with Crippen LogP contribution in [0.4, 0.5) is 5.69 Å². The van der Waals surface area contributed by atoms with E-state index in [-0.39, 0.29) is 5.75 Å². The standard InChI is InChI=1S/C18H18ClN3O2/c1-24-17-8-10(3-5-16(17)23)12-6-13(18(21)22-9-12)11-2-4-15(20)14(19)7-11/h2-8,22-23H,9,20-21H2,1H3. The molecule has 0 saturated heterocycles. The number of nitrogen functional groups attached to an aromatic ring is 1. The minimum absolute atomic E-state index is 0.103. The average molecular weight is 344 g/mol. The van der Waals surface area contributed by atoms with Crippen LogP contribution < -0.4 is 21.5 Å². The number of aromatic hydroxyl groups is 1. The molecule has 1 heterocycles. The van der Waals surface area contributed by atoms with Crippen LogP contribution in [-0.2, 0) is 0 Å². The number of phenolic OH excluding ortho intramolecular Hbond substituents is 1. The largest absolute Gasteiger partial charge is 0.504 e. The fraction of sp³-hybridized carbons (Fsp3) is 0.111. The zero-order valence-corrected chi connectivity index (χ0v) is 13.9. The summed E-state index contributed by atoms with van der Waals surface area (Å²) in [4.78, 5) is 0. The second-order valence-electron chi connectivity index (χ2n) is 5.47. The lowest BCUT2D eigenvalue weighted by Crippen LogP contribution is -2.26. The Labute approximate surface area is 145 Å². The summed E-state index contributed by atoms with van der Waals surface area (Å²) in [5, 5.41) is 13.4. The molecule has 24 heavy (non-hydrogen) atoms. The number of hydrogen-bond acceptors (Lipinski definition) is 5. The maximum absolute atomic E-state index is 9.75. The first kappa shape index (κ1) is 16.1. The molecular weight excluding hydrogens is 326 g/mol. The van der Waals surface area contributed by atoms with Gasteiger partial charge in [-0.2, -0.15) is 0 Å². The molecule has 1 aliphatic heterocycles. The van der Waals surface area contributed by atoms with E-state index in [4.69, 9.17) is 27.8 Å². The Morgan fingerprint density at radius 3 is 2.58 bits per heavy atom. The van der Waals surface area contributed by atoms with Crippen LogP contribution in [0.5, 0.6) is 11.5 Å². The number of hydrogen-bond donors (Lipinski definition) is 4. The molecule has 2 aromatic rings. The molecule has 6 heteroatoms. The Morgan fingerprint density at radius 1 is 1.12 bits per heavy atom. The van der Waals surface area contributed by atoms with Gasteiger partial charge in [0.25, 0.3) is 0 Å². The zero-order chi connectivity index (χ0) is 17.3. The number of nitrogens with two attached hydrogens (primary N) is 2. The second-order valence-corrected chi connectivity index (χ2v) is 5.88. The van der Waals surface area contributed by atoms with E-state index in [9.17, 15) is 5.11 Å². The predicted octanol–water partition coefficient (Wildman–Crippen LogP) is 2.95. The van der Waals surface area contributed by atoms with Crippen LogP contribution >= 0.6 is 11.6 Å². The van der Waals surface area contributed by atoms with Gasteiger partial charge in [-0.15, -0.1) is 0 Å². The van der Waals surface area contributed by atoms with Crippen LogP contribution in [0.25, 0.3) is 11.1 Å². The van der Waals surface area contributed by atoms with E-state index in [1.165, 1.54) is 7.11 Å². The monoisotopic (exact) mass is 343 g/mol. The molecule has 5 nitrogen and oxygen atoms in total. The highest BCUT2D eigenvalue weighted by Gasteiger charge is 2.15. The van der Waals surface area contributed by atoms with E-state index in [1.807, 2.05) is 18.2 Å². The zero-order valence-electron chi connectivity index (χ0n) is 13.1. The number of anilines is 1. The third-order valence-corrected chi connectivity index (χ3v) is 4.27. The molecule has 0 radical (unpaired) electrons. The summed E-state index contributed by atoms with van der Waals surface area (Å²) < 4.78 is 5.17. The number of rotatable bonds is 3. The molecule has 0 spiro atoms. The molecule has 3 rings (SSSR count). The van der Waals surface area contributed by atoms with Gasteiger partial charge in [0.1, 0.15) is 5.82 Å². The van der Waals surface area contributed by atoms with Gasteiger partial charge in [-0.05, 0) is 47.0 Å². The minimum Gasteiger partial charge on any atom is -0.504 e. The lowest BCUT2D eigenvalue weighted by atomic mass is 9.95. The summed E-state index contributed by atoms with van der Waals surface area (Å²) in [5.74, 6) is 1.10. The van der Waals surface area contributed by atoms with Crippen LogP contribution in [0.3, 0.4) is 0 Å². The molecule has 0 saturated carbocycles. The highest BCUT2D eigenvalue weighted by molar-refractivity contribution is 6.33. The van der Waals surface area contributed by atoms with E-state index >= 15 is 0 Å². The van der Waals surface area contributed by atoms with Crippen LogP contribution in [0, 0.1) is 0 Å². The number of benzene rings is 2. The van der Waals surface area contributed by atoms with Crippen molar-refractivity contribution in [2.24, 2.45) is 5.73 Å². The Morgan fingerprint density at radius 2 is 1.88 bits per heavy atom. The Balaban J connectivity index is 2.03. The van der Waals surface area contributed by atoms with Gasteiger partial charge in [-0.25, -0.2) is 0 Å². The van der Waals surface area contributed by atoms with Gasteiger partial charge in [-0.3, -0.25) is 0 Å². The lowest BCUT2D eigenvalue weighted by molar-refractivity contribution is 0.373. The van der Waals surface area contributed by atoms with Gasteiger partial charge >= 0.3 is 0 Å². The fourth-order valence-electron chi connectivity index (χ4n) is 2.58. The Hall–Kier alpha value is -2.79. The lowest BCUT2D eigenvalue weighted by Gasteiger charge is -2.21. The molecule has 1 aliphatic rings. The van der Waals surface area contributed by atoms with Crippen molar-refractivity contribution in [3.8, 4) is 11.5 Å². The average Bonchev–Trinajstić information content (AvgIpc) is 2.58. The predicted molar refractivity (Wildman–Crippen MR) is 97.6 cm³/mol. The van der Waals surface area contributed by atoms with E-state index in [2.05, 4.69) is 5.32 Å². The second kappa shape index (κ2) is 6.37. The van der Waals surface area contributed by atoms with Crippen molar-refractivity contribution in [1.82, 2.24) is 5.32 Å². The molecule has 124 valence electrons. The third kappa shape index (κ3) is 2.98. The normalized spacial score (nSPS) is 14.2. The van der Waals surface area contributed by atoms with Crippen LogP contribution in [0.15, 0.2) is 48.3 Å². The molecule has 0 atom stereocenters. The molecule has 0 unspecified atom stereocenters.